The van der Waals surface area contributed by atoms with Crippen LogP contribution in [0.15, 0.2) is 18.2 Å². The number of methoxy groups -OCH3 is 2. The lowest BCUT2D eigenvalue weighted by Crippen LogP contribution is -2.35. The van der Waals surface area contributed by atoms with E-state index in [1.165, 1.54) is 25.7 Å². The van der Waals surface area contributed by atoms with E-state index < -0.39 is 0 Å². The molecule has 1 saturated carbocycles. The molecule has 2 unspecified atom stereocenters. The Hall–Kier alpha value is -1.38. The maximum absolute atomic E-state index is 5.46. The highest BCUT2D eigenvalue weighted by atomic mass is 16.5. The fourth-order valence-electron chi connectivity index (χ4n) is 3.26. The first-order chi connectivity index (χ1) is 9.65. The van der Waals surface area contributed by atoms with Gasteiger partial charge in [-0.3, -0.25) is 0 Å². The van der Waals surface area contributed by atoms with Crippen molar-refractivity contribution in [3.8, 4) is 11.5 Å². The van der Waals surface area contributed by atoms with E-state index in [1.807, 2.05) is 18.2 Å². The van der Waals surface area contributed by atoms with Crippen molar-refractivity contribution in [3.63, 3.8) is 0 Å². The molecule has 112 valence electrons. The van der Waals surface area contributed by atoms with E-state index in [2.05, 4.69) is 19.2 Å². The van der Waals surface area contributed by atoms with Crippen molar-refractivity contribution in [2.45, 2.75) is 45.6 Å². The molecule has 1 aliphatic carbocycles. The Kier molecular flexibility index (Phi) is 5.16. The minimum absolute atomic E-state index is 0.532. The van der Waals surface area contributed by atoms with Gasteiger partial charge < -0.3 is 14.8 Å². The van der Waals surface area contributed by atoms with Crippen LogP contribution in [0.4, 0.5) is 5.69 Å². The summed E-state index contributed by atoms with van der Waals surface area (Å²) >= 11 is 0. The van der Waals surface area contributed by atoms with E-state index in [4.69, 9.17) is 9.47 Å². The van der Waals surface area contributed by atoms with Gasteiger partial charge in [-0.1, -0.05) is 26.7 Å². The monoisotopic (exact) mass is 277 g/mol. The Morgan fingerprint density at radius 1 is 1.10 bits per heavy atom. The van der Waals surface area contributed by atoms with Gasteiger partial charge in [0, 0.05) is 12.1 Å². The van der Waals surface area contributed by atoms with E-state index >= 15 is 0 Å². The lowest BCUT2D eigenvalue weighted by atomic mass is 9.78. The first-order valence-corrected chi connectivity index (χ1v) is 7.64. The van der Waals surface area contributed by atoms with Crippen molar-refractivity contribution >= 4 is 5.69 Å². The first-order valence-electron chi connectivity index (χ1n) is 7.64. The van der Waals surface area contributed by atoms with Crippen molar-refractivity contribution in [1.29, 1.82) is 0 Å². The minimum Gasteiger partial charge on any atom is -0.497 e. The Balaban J connectivity index is 2.18. The Labute approximate surface area is 122 Å². The zero-order valence-corrected chi connectivity index (χ0v) is 13.1. The quantitative estimate of drug-likeness (QED) is 0.869. The van der Waals surface area contributed by atoms with E-state index in [9.17, 15) is 0 Å². The summed E-state index contributed by atoms with van der Waals surface area (Å²) in [5.74, 6) is 3.20. The van der Waals surface area contributed by atoms with Crippen LogP contribution in [0.5, 0.6) is 11.5 Å². The SMILES string of the molecule is COc1ccc(OC)c(NC2CCCCC2C(C)C)c1. The van der Waals surface area contributed by atoms with Crippen LogP contribution in [0.2, 0.25) is 0 Å². The Morgan fingerprint density at radius 3 is 2.50 bits per heavy atom. The molecule has 20 heavy (non-hydrogen) atoms. The fourth-order valence-corrected chi connectivity index (χ4v) is 3.26. The van der Waals surface area contributed by atoms with Gasteiger partial charge in [-0.25, -0.2) is 0 Å². The van der Waals surface area contributed by atoms with E-state index in [-0.39, 0.29) is 0 Å². The molecule has 0 aromatic heterocycles. The van der Waals surface area contributed by atoms with Gasteiger partial charge in [0.05, 0.1) is 19.9 Å². The second kappa shape index (κ2) is 6.87. The maximum Gasteiger partial charge on any atom is 0.142 e. The summed E-state index contributed by atoms with van der Waals surface area (Å²) in [6.45, 7) is 4.65. The van der Waals surface area contributed by atoms with E-state index in [0.717, 1.165) is 23.1 Å². The van der Waals surface area contributed by atoms with Crippen LogP contribution < -0.4 is 14.8 Å². The van der Waals surface area contributed by atoms with Gasteiger partial charge in [-0.15, -0.1) is 0 Å². The smallest absolute Gasteiger partial charge is 0.142 e. The number of hydrogen-bond donors (Lipinski definition) is 1. The standard InChI is InChI=1S/C17H27NO2/c1-12(2)14-7-5-6-8-15(14)18-16-11-13(19-3)9-10-17(16)20-4/h9-12,14-15,18H,5-8H2,1-4H3. The molecule has 1 N–H and O–H groups in total. The van der Waals surface area contributed by atoms with Crippen LogP contribution in [-0.4, -0.2) is 20.3 Å². The summed E-state index contributed by atoms with van der Waals surface area (Å²) in [4.78, 5) is 0. The lowest BCUT2D eigenvalue weighted by molar-refractivity contribution is 0.253. The minimum atomic E-state index is 0.532. The lowest BCUT2D eigenvalue weighted by Gasteiger charge is -2.35. The van der Waals surface area contributed by atoms with Crippen molar-refractivity contribution in [1.82, 2.24) is 0 Å². The van der Waals surface area contributed by atoms with Gasteiger partial charge in [0.2, 0.25) is 0 Å². The van der Waals surface area contributed by atoms with E-state index in [1.54, 1.807) is 14.2 Å². The number of anilines is 1. The van der Waals surface area contributed by atoms with Crippen molar-refractivity contribution in [2.75, 3.05) is 19.5 Å². The summed E-state index contributed by atoms with van der Waals surface area (Å²) in [7, 11) is 3.41. The average molecular weight is 277 g/mol. The molecule has 1 aromatic carbocycles. The van der Waals surface area contributed by atoms with Gasteiger partial charge in [-0.2, -0.15) is 0 Å². The molecular formula is C17H27NO2. The zero-order valence-electron chi connectivity index (χ0n) is 13.1. The third-order valence-corrected chi connectivity index (χ3v) is 4.42. The third kappa shape index (κ3) is 3.38. The molecular weight excluding hydrogens is 250 g/mol. The molecule has 0 spiro atoms. The first kappa shape index (κ1) is 15.0. The Morgan fingerprint density at radius 2 is 1.85 bits per heavy atom. The van der Waals surface area contributed by atoms with Gasteiger partial charge in [-0.05, 0) is 36.8 Å². The second-order valence-corrected chi connectivity index (χ2v) is 6.01. The molecule has 1 aromatic rings. The van der Waals surface area contributed by atoms with Gasteiger partial charge in [0.15, 0.2) is 0 Å². The molecule has 1 aliphatic rings. The van der Waals surface area contributed by atoms with Crippen LogP contribution >= 0.6 is 0 Å². The highest BCUT2D eigenvalue weighted by Gasteiger charge is 2.28. The third-order valence-electron chi connectivity index (χ3n) is 4.42. The van der Waals surface area contributed by atoms with Gasteiger partial charge >= 0.3 is 0 Å². The van der Waals surface area contributed by atoms with Crippen LogP contribution in [0, 0.1) is 11.8 Å². The second-order valence-electron chi connectivity index (χ2n) is 6.01. The molecule has 0 saturated heterocycles. The predicted molar refractivity (Wildman–Crippen MR) is 83.8 cm³/mol. The van der Waals surface area contributed by atoms with E-state index in [0.29, 0.717) is 12.0 Å². The number of nitrogens with one attached hydrogen (secondary N) is 1. The van der Waals surface area contributed by atoms with Crippen LogP contribution in [0.25, 0.3) is 0 Å². The van der Waals surface area contributed by atoms with Crippen LogP contribution in [0.1, 0.15) is 39.5 Å². The van der Waals surface area contributed by atoms with Crippen molar-refractivity contribution in [3.05, 3.63) is 18.2 Å². The van der Waals surface area contributed by atoms with Crippen molar-refractivity contribution < 1.29 is 9.47 Å². The number of benzene rings is 1. The Bertz CT molecular complexity index is 431. The summed E-state index contributed by atoms with van der Waals surface area (Å²) in [6.07, 6.45) is 5.23. The van der Waals surface area contributed by atoms with Crippen LogP contribution in [-0.2, 0) is 0 Å². The normalized spacial score (nSPS) is 22.6. The molecule has 0 amide bonds. The highest BCUT2D eigenvalue weighted by molar-refractivity contribution is 5.60. The topological polar surface area (TPSA) is 30.5 Å². The van der Waals surface area contributed by atoms with Gasteiger partial charge in [0.1, 0.15) is 11.5 Å². The number of ether oxygens (including phenoxy) is 2. The molecule has 0 bridgehead atoms. The molecule has 0 heterocycles. The summed E-state index contributed by atoms with van der Waals surface area (Å²) in [6, 6.07) is 6.47. The molecule has 3 heteroatoms. The predicted octanol–water partition coefficient (Wildman–Crippen LogP) is 4.33. The molecule has 1 fully saturated rings. The largest absolute Gasteiger partial charge is 0.497 e. The molecule has 2 atom stereocenters. The summed E-state index contributed by atoms with van der Waals surface area (Å²) < 4.78 is 10.8. The molecule has 3 nitrogen and oxygen atoms in total. The summed E-state index contributed by atoms with van der Waals surface area (Å²) in [5, 5.41) is 3.70. The van der Waals surface area contributed by atoms with Crippen molar-refractivity contribution in [2.24, 2.45) is 11.8 Å². The zero-order chi connectivity index (χ0) is 14.5. The number of rotatable bonds is 5. The number of hydrogen-bond acceptors (Lipinski definition) is 3. The average Bonchev–Trinajstić information content (AvgIpc) is 2.47. The van der Waals surface area contributed by atoms with Crippen LogP contribution in [0.3, 0.4) is 0 Å². The van der Waals surface area contributed by atoms with Gasteiger partial charge in [0.25, 0.3) is 0 Å². The molecule has 0 radical (unpaired) electrons. The molecule has 0 aliphatic heterocycles. The fraction of sp³-hybridized carbons (Fsp3) is 0.647. The molecule has 2 rings (SSSR count). The highest BCUT2D eigenvalue weighted by Crippen LogP contribution is 2.36. The summed E-state index contributed by atoms with van der Waals surface area (Å²) in [5.41, 5.74) is 1.05. The maximum atomic E-state index is 5.46.